The first kappa shape index (κ1) is 16.1. The Hall–Kier alpha value is -2.29. The van der Waals surface area contributed by atoms with Gasteiger partial charge in [-0.05, 0) is 18.4 Å². The van der Waals surface area contributed by atoms with Crippen LogP contribution in [-0.4, -0.2) is 29.8 Å². The van der Waals surface area contributed by atoms with Crippen LogP contribution in [0.15, 0.2) is 23.0 Å². The van der Waals surface area contributed by atoms with Crippen molar-refractivity contribution in [3.63, 3.8) is 0 Å². The van der Waals surface area contributed by atoms with Crippen LogP contribution in [0.25, 0.3) is 0 Å². The molecule has 0 spiro atoms. The summed E-state index contributed by atoms with van der Waals surface area (Å²) >= 11 is 0. The molecule has 0 bridgehead atoms. The topological polar surface area (TPSA) is 86.3 Å². The van der Waals surface area contributed by atoms with E-state index < -0.39 is 6.04 Å². The summed E-state index contributed by atoms with van der Waals surface area (Å²) in [6.45, 7) is 0. The Balaban J connectivity index is 2.05. The summed E-state index contributed by atoms with van der Waals surface area (Å²) in [7, 11) is 1.42. The van der Waals surface area contributed by atoms with Crippen molar-refractivity contribution < 1.29 is 14.0 Å². The first-order valence-corrected chi connectivity index (χ1v) is 7.62. The van der Waals surface area contributed by atoms with E-state index in [9.17, 15) is 9.59 Å². The lowest BCUT2D eigenvalue weighted by Gasteiger charge is -2.27. The van der Waals surface area contributed by atoms with Gasteiger partial charge in [0.25, 0.3) is 11.8 Å². The summed E-state index contributed by atoms with van der Waals surface area (Å²) in [6.07, 6.45) is 10.8. The molecule has 22 heavy (non-hydrogen) atoms. The second-order valence-corrected chi connectivity index (χ2v) is 5.78. The minimum atomic E-state index is -0.671. The van der Waals surface area contributed by atoms with Gasteiger partial charge in [-0.1, -0.05) is 32.1 Å². The van der Waals surface area contributed by atoms with Gasteiger partial charge in [-0.3, -0.25) is 14.5 Å². The molecule has 118 valence electrons. The monoisotopic (exact) mass is 303 g/mol. The summed E-state index contributed by atoms with van der Waals surface area (Å²) < 4.78 is 4.89. The SMILES string of the molecule is CN(C#N)C(=O)[C@H](CC1CCCCC1)NC(=O)c1ccoc1. The van der Waals surface area contributed by atoms with Crippen LogP contribution in [0.2, 0.25) is 0 Å². The highest BCUT2D eigenvalue weighted by atomic mass is 16.3. The third-order valence-electron chi connectivity index (χ3n) is 4.16. The zero-order valence-electron chi connectivity index (χ0n) is 12.7. The molecule has 2 rings (SSSR count). The molecule has 0 saturated heterocycles. The predicted molar refractivity (Wildman–Crippen MR) is 79.5 cm³/mol. The van der Waals surface area contributed by atoms with Gasteiger partial charge >= 0.3 is 0 Å². The minimum absolute atomic E-state index is 0.353. The highest BCUT2D eigenvalue weighted by molar-refractivity contribution is 5.97. The maximum atomic E-state index is 12.3. The zero-order chi connectivity index (χ0) is 15.9. The molecule has 1 saturated carbocycles. The third-order valence-corrected chi connectivity index (χ3v) is 4.16. The number of hydrogen-bond acceptors (Lipinski definition) is 4. The highest BCUT2D eigenvalue weighted by Gasteiger charge is 2.28. The Kier molecular flexibility index (Phi) is 5.59. The fourth-order valence-electron chi connectivity index (χ4n) is 2.90. The van der Waals surface area contributed by atoms with Crippen LogP contribution in [0, 0.1) is 17.4 Å². The van der Waals surface area contributed by atoms with Gasteiger partial charge in [0.05, 0.1) is 11.8 Å². The van der Waals surface area contributed by atoms with Crippen LogP contribution in [0.5, 0.6) is 0 Å². The molecule has 1 heterocycles. The van der Waals surface area contributed by atoms with Crippen molar-refractivity contribution in [1.82, 2.24) is 10.2 Å². The average Bonchev–Trinajstić information content (AvgIpc) is 3.08. The van der Waals surface area contributed by atoms with Crippen molar-refractivity contribution in [3.8, 4) is 6.19 Å². The molecule has 1 fully saturated rings. The Bertz CT molecular complexity index is 541. The van der Waals surface area contributed by atoms with Gasteiger partial charge in [-0.25, -0.2) is 0 Å². The van der Waals surface area contributed by atoms with E-state index in [1.54, 1.807) is 12.3 Å². The van der Waals surface area contributed by atoms with Gasteiger partial charge in [-0.15, -0.1) is 0 Å². The van der Waals surface area contributed by atoms with Crippen molar-refractivity contribution in [2.75, 3.05) is 7.05 Å². The molecule has 1 aliphatic carbocycles. The maximum absolute atomic E-state index is 12.3. The van der Waals surface area contributed by atoms with Crippen LogP contribution in [0.4, 0.5) is 0 Å². The van der Waals surface area contributed by atoms with E-state index in [0.29, 0.717) is 17.9 Å². The quantitative estimate of drug-likeness (QED) is 0.668. The van der Waals surface area contributed by atoms with E-state index in [2.05, 4.69) is 5.32 Å². The van der Waals surface area contributed by atoms with Gasteiger partial charge in [0.1, 0.15) is 12.3 Å². The third kappa shape index (κ3) is 4.10. The fourth-order valence-corrected chi connectivity index (χ4v) is 2.90. The molecule has 1 aromatic heterocycles. The summed E-state index contributed by atoms with van der Waals surface area (Å²) in [5.74, 6) is -0.307. The number of nitrogens with zero attached hydrogens (tertiary/aromatic N) is 2. The number of likely N-dealkylation sites (N-methyl/N-ethyl adjacent to an activating group) is 1. The molecule has 2 amide bonds. The molecule has 1 N–H and O–H groups in total. The molecule has 0 unspecified atom stereocenters. The predicted octanol–water partition coefficient (Wildman–Crippen LogP) is 2.29. The van der Waals surface area contributed by atoms with E-state index >= 15 is 0 Å². The van der Waals surface area contributed by atoms with Gasteiger partial charge < -0.3 is 9.73 Å². The molecule has 0 aliphatic heterocycles. The number of carbonyl (C=O) groups excluding carboxylic acids is 2. The largest absolute Gasteiger partial charge is 0.472 e. The molecule has 0 aromatic carbocycles. The minimum Gasteiger partial charge on any atom is -0.472 e. The maximum Gasteiger partial charge on any atom is 0.257 e. The van der Waals surface area contributed by atoms with Crippen molar-refractivity contribution in [2.24, 2.45) is 5.92 Å². The first-order chi connectivity index (χ1) is 10.6. The lowest BCUT2D eigenvalue weighted by atomic mass is 9.84. The number of amides is 2. The molecular formula is C16H21N3O3. The van der Waals surface area contributed by atoms with Gasteiger partial charge in [0, 0.05) is 7.05 Å². The molecular weight excluding hydrogens is 282 g/mol. The summed E-state index contributed by atoms with van der Waals surface area (Å²) in [4.78, 5) is 25.4. The van der Waals surface area contributed by atoms with E-state index in [4.69, 9.17) is 9.68 Å². The Morgan fingerprint density at radius 3 is 2.77 bits per heavy atom. The zero-order valence-corrected chi connectivity index (χ0v) is 12.7. The smallest absolute Gasteiger partial charge is 0.257 e. The van der Waals surface area contributed by atoms with Gasteiger partial charge in [0.15, 0.2) is 6.19 Å². The van der Waals surface area contributed by atoms with E-state index in [-0.39, 0.29) is 11.8 Å². The lowest BCUT2D eigenvalue weighted by molar-refractivity contribution is -0.129. The standard InChI is InChI=1S/C16H21N3O3/c1-19(11-17)16(21)14(9-12-5-3-2-4-6-12)18-15(20)13-7-8-22-10-13/h7-8,10,12,14H,2-6,9H2,1H3,(H,18,20)/t14-/m0/s1. The van der Waals surface area contributed by atoms with Crippen LogP contribution >= 0.6 is 0 Å². The number of furan rings is 1. The van der Waals surface area contributed by atoms with E-state index in [1.165, 1.54) is 26.0 Å². The molecule has 6 heteroatoms. The number of nitriles is 1. The summed E-state index contributed by atoms with van der Waals surface area (Å²) in [5.41, 5.74) is 0.376. The van der Waals surface area contributed by atoms with E-state index in [0.717, 1.165) is 30.6 Å². The first-order valence-electron chi connectivity index (χ1n) is 7.62. The highest BCUT2D eigenvalue weighted by Crippen LogP contribution is 2.27. The molecule has 1 atom stereocenters. The Morgan fingerprint density at radius 2 is 2.18 bits per heavy atom. The Labute approximate surface area is 130 Å². The second-order valence-electron chi connectivity index (χ2n) is 5.78. The van der Waals surface area contributed by atoms with Crippen LogP contribution < -0.4 is 5.32 Å². The fraction of sp³-hybridized carbons (Fsp3) is 0.562. The summed E-state index contributed by atoms with van der Waals surface area (Å²) in [6, 6.07) is 0.876. The van der Waals surface area contributed by atoms with Crippen LogP contribution in [-0.2, 0) is 4.79 Å². The van der Waals surface area contributed by atoms with Crippen molar-refractivity contribution >= 4 is 11.8 Å². The number of rotatable bonds is 5. The number of nitrogens with one attached hydrogen (secondary N) is 1. The Morgan fingerprint density at radius 1 is 1.45 bits per heavy atom. The van der Waals surface area contributed by atoms with Gasteiger partial charge in [0.2, 0.25) is 0 Å². The van der Waals surface area contributed by atoms with Crippen molar-refractivity contribution in [2.45, 2.75) is 44.6 Å². The number of carbonyl (C=O) groups is 2. The van der Waals surface area contributed by atoms with Gasteiger partial charge in [-0.2, -0.15) is 5.26 Å². The normalized spacial score (nSPS) is 16.5. The average molecular weight is 303 g/mol. The lowest BCUT2D eigenvalue weighted by Crippen LogP contribution is -2.47. The number of hydrogen-bond donors (Lipinski definition) is 1. The van der Waals surface area contributed by atoms with E-state index in [1.807, 2.05) is 0 Å². The summed E-state index contributed by atoms with van der Waals surface area (Å²) in [5, 5.41) is 11.6. The molecule has 6 nitrogen and oxygen atoms in total. The van der Waals surface area contributed by atoms with Crippen molar-refractivity contribution in [1.29, 1.82) is 5.26 Å². The molecule has 1 aromatic rings. The molecule has 1 aliphatic rings. The molecule has 0 radical (unpaired) electrons. The van der Waals surface area contributed by atoms with Crippen LogP contribution in [0.1, 0.15) is 48.9 Å². The van der Waals surface area contributed by atoms with Crippen molar-refractivity contribution in [3.05, 3.63) is 24.2 Å². The second kappa shape index (κ2) is 7.64. The van der Waals surface area contributed by atoms with Crippen LogP contribution in [0.3, 0.4) is 0 Å².